The molecule has 0 aliphatic carbocycles. The summed E-state index contributed by atoms with van der Waals surface area (Å²) in [5.74, 6) is 0. The minimum atomic E-state index is 0.989. The molecule has 0 spiro atoms. The SMILES string of the molecule is Bc1ccc2c3c([nH]c2c1)CNCC3. The van der Waals surface area contributed by atoms with Crippen molar-refractivity contribution in [3.8, 4) is 0 Å². The minimum Gasteiger partial charge on any atom is -0.357 e. The highest BCUT2D eigenvalue weighted by atomic mass is 14.9. The number of rotatable bonds is 0. The molecule has 0 saturated carbocycles. The van der Waals surface area contributed by atoms with Crippen LogP contribution in [0.2, 0.25) is 0 Å². The summed E-state index contributed by atoms with van der Waals surface area (Å²) in [7, 11) is 2.14. The third-order valence-electron chi connectivity index (χ3n) is 3.00. The van der Waals surface area contributed by atoms with Gasteiger partial charge < -0.3 is 10.3 Å². The van der Waals surface area contributed by atoms with Crippen LogP contribution in [0.15, 0.2) is 18.2 Å². The maximum absolute atomic E-state index is 3.49. The van der Waals surface area contributed by atoms with E-state index in [0.717, 1.165) is 19.5 Å². The van der Waals surface area contributed by atoms with Crippen molar-refractivity contribution in [2.75, 3.05) is 6.54 Å². The lowest BCUT2D eigenvalue weighted by molar-refractivity contribution is 0.637. The number of H-pyrrole nitrogens is 1. The van der Waals surface area contributed by atoms with Gasteiger partial charge in [-0.3, -0.25) is 0 Å². The summed E-state index contributed by atoms with van der Waals surface area (Å²) in [6.07, 6.45) is 1.15. The first-order valence-electron chi connectivity index (χ1n) is 5.15. The van der Waals surface area contributed by atoms with E-state index in [0.29, 0.717) is 0 Å². The highest BCUT2D eigenvalue weighted by Gasteiger charge is 2.13. The average molecular weight is 184 g/mol. The second-order valence-corrected chi connectivity index (χ2v) is 4.06. The van der Waals surface area contributed by atoms with E-state index < -0.39 is 0 Å². The zero-order chi connectivity index (χ0) is 9.54. The molecule has 2 heterocycles. The molecule has 1 aliphatic heterocycles. The molecule has 2 aromatic rings. The van der Waals surface area contributed by atoms with Gasteiger partial charge in [0.2, 0.25) is 0 Å². The summed E-state index contributed by atoms with van der Waals surface area (Å²) < 4.78 is 0. The van der Waals surface area contributed by atoms with Crippen LogP contribution in [0.3, 0.4) is 0 Å². The van der Waals surface area contributed by atoms with Crippen molar-refractivity contribution in [3.63, 3.8) is 0 Å². The summed E-state index contributed by atoms with van der Waals surface area (Å²) in [4.78, 5) is 3.49. The van der Waals surface area contributed by atoms with Crippen LogP contribution in [0.1, 0.15) is 11.3 Å². The predicted molar refractivity (Wildman–Crippen MR) is 61.9 cm³/mol. The van der Waals surface area contributed by atoms with Gasteiger partial charge in [0, 0.05) is 23.1 Å². The molecular formula is C11H13BN2. The Hall–Kier alpha value is -1.22. The number of nitrogens with one attached hydrogen (secondary N) is 2. The van der Waals surface area contributed by atoms with Crippen LogP contribution in [0.5, 0.6) is 0 Å². The molecule has 70 valence electrons. The smallest absolute Gasteiger partial charge is 0.139 e. The molecule has 1 aromatic heterocycles. The molecule has 0 fully saturated rings. The fraction of sp³-hybridized carbons (Fsp3) is 0.273. The summed E-state index contributed by atoms with van der Waals surface area (Å²) in [5.41, 5.74) is 5.50. The highest BCUT2D eigenvalue weighted by molar-refractivity contribution is 6.33. The maximum Gasteiger partial charge on any atom is 0.139 e. The number of aromatic nitrogens is 1. The largest absolute Gasteiger partial charge is 0.357 e. The van der Waals surface area contributed by atoms with Crippen LogP contribution >= 0.6 is 0 Å². The van der Waals surface area contributed by atoms with Gasteiger partial charge in [0.1, 0.15) is 7.85 Å². The zero-order valence-electron chi connectivity index (χ0n) is 8.35. The molecule has 2 N–H and O–H groups in total. The van der Waals surface area contributed by atoms with Gasteiger partial charge in [0.15, 0.2) is 0 Å². The van der Waals surface area contributed by atoms with Crippen LogP contribution in [0.4, 0.5) is 0 Å². The first-order chi connectivity index (χ1) is 6.84. The van der Waals surface area contributed by atoms with E-state index in [2.05, 4.69) is 36.3 Å². The first kappa shape index (κ1) is 8.12. The first-order valence-corrected chi connectivity index (χ1v) is 5.15. The maximum atomic E-state index is 3.49. The highest BCUT2D eigenvalue weighted by Crippen LogP contribution is 2.23. The molecule has 0 saturated heterocycles. The lowest BCUT2D eigenvalue weighted by Crippen LogP contribution is -2.22. The molecule has 0 radical (unpaired) electrons. The molecule has 14 heavy (non-hydrogen) atoms. The van der Waals surface area contributed by atoms with E-state index in [1.165, 1.54) is 27.6 Å². The van der Waals surface area contributed by atoms with Crippen LogP contribution in [-0.4, -0.2) is 19.4 Å². The van der Waals surface area contributed by atoms with Crippen LogP contribution in [-0.2, 0) is 13.0 Å². The minimum absolute atomic E-state index is 0.989. The molecule has 0 atom stereocenters. The second-order valence-electron chi connectivity index (χ2n) is 4.06. The Bertz CT molecular complexity index is 487. The lowest BCUT2D eigenvalue weighted by Gasteiger charge is -2.12. The number of aromatic amines is 1. The summed E-state index contributed by atoms with van der Waals surface area (Å²) in [5, 5.41) is 4.79. The number of fused-ring (bicyclic) bond motifs is 3. The topological polar surface area (TPSA) is 27.8 Å². The Morgan fingerprint density at radius 3 is 3.14 bits per heavy atom. The molecule has 3 heteroatoms. The van der Waals surface area contributed by atoms with Gasteiger partial charge in [-0.25, -0.2) is 0 Å². The van der Waals surface area contributed by atoms with Crippen molar-refractivity contribution in [2.45, 2.75) is 13.0 Å². The van der Waals surface area contributed by atoms with E-state index in [9.17, 15) is 0 Å². The van der Waals surface area contributed by atoms with Gasteiger partial charge in [-0.05, 0) is 24.6 Å². The summed E-state index contributed by atoms with van der Waals surface area (Å²) >= 11 is 0. The molecule has 2 nitrogen and oxygen atoms in total. The standard InChI is InChI=1S/C11H13BN2/c12-7-1-2-8-9-3-4-13-6-11(9)14-10(8)5-7/h1-2,5,13-14H,3-4,6,12H2. The third-order valence-corrected chi connectivity index (χ3v) is 3.00. The van der Waals surface area contributed by atoms with Crippen molar-refractivity contribution in [3.05, 3.63) is 29.5 Å². The van der Waals surface area contributed by atoms with Crippen LogP contribution in [0, 0.1) is 0 Å². The molecule has 3 rings (SSSR count). The Labute approximate surface area is 84.1 Å². The number of hydrogen-bond donors (Lipinski definition) is 2. The van der Waals surface area contributed by atoms with Crippen LogP contribution in [0.25, 0.3) is 10.9 Å². The lowest BCUT2D eigenvalue weighted by atomic mass is 9.94. The van der Waals surface area contributed by atoms with Crippen molar-refractivity contribution in [1.29, 1.82) is 0 Å². The van der Waals surface area contributed by atoms with Gasteiger partial charge in [0.25, 0.3) is 0 Å². The Morgan fingerprint density at radius 2 is 2.21 bits per heavy atom. The van der Waals surface area contributed by atoms with E-state index in [4.69, 9.17) is 0 Å². The Morgan fingerprint density at radius 1 is 1.29 bits per heavy atom. The van der Waals surface area contributed by atoms with Crippen molar-refractivity contribution in [1.82, 2.24) is 10.3 Å². The van der Waals surface area contributed by atoms with Crippen molar-refractivity contribution < 1.29 is 0 Å². The third kappa shape index (κ3) is 1.09. The van der Waals surface area contributed by atoms with Gasteiger partial charge in [-0.1, -0.05) is 17.6 Å². The fourth-order valence-electron chi connectivity index (χ4n) is 2.29. The number of benzene rings is 1. The normalized spacial score (nSPS) is 15.7. The molecular weight excluding hydrogens is 171 g/mol. The zero-order valence-corrected chi connectivity index (χ0v) is 8.35. The Kier molecular flexibility index (Phi) is 1.68. The molecule has 0 amide bonds. The van der Waals surface area contributed by atoms with Gasteiger partial charge >= 0.3 is 0 Å². The van der Waals surface area contributed by atoms with Crippen molar-refractivity contribution in [2.24, 2.45) is 0 Å². The second kappa shape index (κ2) is 2.89. The van der Waals surface area contributed by atoms with E-state index in [1.54, 1.807) is 0 Å². The molecule has 1 aromatic carbocycles. The fourth-order valence-corrected chi connectivity index (χ4v) is 2.29. The van der Waals surface area contributed by atoms with E-state index in [-0.39, 0.29) is 0 Å². The molecule has 0 bridgehead atoms. The van der Waals surface area contributed by atoms with Gasteiger partial charge in [-0.2, -0.15) is 0 Å². The van der Waals surface area contributed by atoms with Crippen LogP contribution < -0.4 is 10.8 Å². The summed E-state index contributed by atoms with van der Waals surface area (Å²) in [6.45, 7) is 2.09. The quantitative estimate of drug-likeness (QED) is 0.557. The van der Waals surface area contributed by atoms with E-state index in [1.807, 2.05) is 0 Å². The van der Waals surface area contributed by atoms with E-state index >= 15 is 0 Å². The summed E-state index contributed by atoms with van der Waals surface area (Å²) in [6, 6.07) is 6.66. The number of hydrogen-bond acceptors (Lipinski definition) is 1. The van der Waals surface area contributed by atoms with Crippen molar-refractivity contribution >= 4 is 24.2 Å². The average Bonchev–Trinajstić information content (AvgIpc) is 2.54. The van der Waals surface area contributed by atoms with Gasteiger partial charge in [-0.15, -0.1) is 0 Å². The molecule has 1 aliphatic rings. The molecule has 0 unspecified atom stereocenters. The predicted octanol–water partition coefficient (Wildman–Crippen LogP) is 0.0720. The monoisotopic (exact) mass is 184 g/mol. The Balaban J connectivity index is 2.31. The van der Waals surface area contributed by atoms with Gasteiger partial charge in [0.05, 0.1) is 0 Å².